The Morgan fingerprint density at radius 1 is 0.878 bits per heavy atom. The summed E-state index contributed by atoms with van der Waals surface area (Å²) < 4.78 is 6.13. The number of carbonyl (C=O) groups excluding carboxylic acids is 2. The standard InChI is InChI=1S/C34H30N2O5/c1-23(11-8-9-20-37)34(40)27-15-3-4-16-28(27)35(33(34)39)22-24-12-10-13-25(21-24)36-29-17-5-7-19-31(29)41-30-18-6-2-14-26(30)32(36)38/h2-8,10-19,21,23,37,40H,9,20,22H2,1H3/b11-8+/t23-,34+/m1/s1. The zero-order valence-electron chi connectivity index (χ0n) is 22.6. The van der Waals surface area contributed by atoms with Crippen LogP contribution in [-0.2, 0) is 16.9 Å². The summed E-state index contributed by atoms with van der Waals surface area (Å²) in [5, 5.41) is 20.9. The van der Waals surface area contributed by atoms with E-state index in [-0.39, 0.29) is 19.1 Å². The van der Waals surface area contributed by atoms with E-state index in [2.05, 4.69) is 0 Å². The molecule has 41 heavy (non-hydrogen) atoms. The average molecular weight is 547 g/mol. The molecule has 2 aliphatic rings. The van der Waals surface area contributed by atoms with E-state index in [0.717, 1.165) is 5.56 Å². The normalized spacial score (nSPS) is 18.5. The first kappa shape index (κ1) is 26.5. The lowest BCUT2D eigenvalue weighted by Crippen LogP contribution is -2.44. The fourth-order valence-electron chi connectivity index (χ4n) is 5.61. The molecular formula is C34H30N2O5. The van der Waals surface area contributed by atoms with Gasteiger partial charge >= 0.3 is 0 Å². The smallest absolute Gasteiger partial charge is 0.266 e. The topological polar surface area (TPSA) is 90.3 Å². The molecule has 2 N–H and O–H groups in total. The molecule has 2 heterocycles. The van der Waals surface area contributed by atoms with Crippen LogP contribution < -0.4 is 14.5 Å². The molecule has 0 bridgehead atoms. The number of anilines is 3. The Morgan fingerprint density at radius 3 is 2.39 bits per heavy atom. The summed E-state index contributed by atoms with van der Waals surface area (Å²) in [6.07, 6.45) is 4.00. The summed E-state index contributed by atoms with van der Waals surface area (Å²) in [6, 6.07) is 29.4. The van der Waals surface area contributed by atoms with E-state index in [9.17, 15) is 14.7 Å². The van der Waals surface area contributed by atoms with E-state index >= 15 is 0 Å². The highest BCUT2D eigenvalue weighted by Crippen LogP contribution is 2.46. The molecule has 0 aromatic heterocycles. The number of ether oxygens (including phenoxy) is 1. The molecule has 4 aromatic carbocycles. The van der Waals surface area contributed by atoms with Crippen LogP contribution in [0.1, 0.15) is 34.8 Å². The van der Waals surface area contributed by atoms with Crippen molar-refractivity contribution in [2.24, 2.45) is 5.92 Å². The minimum Gasteiger partial charge on any atom is -0.454 e. The molecule has 2 atom stereocenters. The summed E-state index contributed by atoms with van der Waals surface area (Å²) in [5.41, 5.74) is 1.95. The van der Waals surface area contributed by atoms with Crippen molar-refractivity contribution in [2.75, 3.05) is 16.4 Å². The largest absolute Gasteiger partial charge is 0.454 e. The highest BCUT2D eigenvalue weighted by atomic mass is 16.5. The van der Waals surface area contributed by atoms with Gasteiger partial charge in [-0.2, -0.15) is 0 Å². The molecule has 7 heteroatoms. The van der Waals surface area contributed by atoms with Crippen LogP contribution in [-0.4, -0.2) is 28.6 Å². The Bertz CT molecular complexity index is 1660. The SMILES string of the molecule is C[C@H](/C=C/CCO)[C@@]1(O)C(=O)N(Cc2cccc(N3C(=O)c4ccccc4Oc4ccccc43)c2)c2ccccc21. The maximum atomic E-state index is 13.9. The number of rotatable bonds is 7. The van der Waals surface area contributed by atoms with Crippen molar-refractivity contribution in [1.82, 2.24) is 0 Å². The molecule has 2 amide bonds. The second-order valence-corrected chi connectivity index (χ2v) is 10.3. The summed E-state index contributed by atoms with van der Waals surface area (Å²) in [6.45, 7) is 2.00. The van der Waals surface area contributed by atoms with E-state index in [1.807, 2.05) is 78.9 Å². The summed E-state index contributed by atoms with van der Waals surface area (Å²) in [7, 11) is 0. The number of carbonyl (C=O) groups is 2. The third-order valence-electron chi connectivity index (χ3n) is 7.71. The van der Waals surface area contributed by atoms with Gasteiger partial charge in [0.2, 0.25) is 0 Å². The van der Waals surface area contributed by atoms with Gasteiger partial charge in [0, 0.05) is 23.8 Å². The van der Waals surface area contributed by atoms with E-state index in [4.69, 9.17) is 9.84 Å². The van der Waals surface area contributed by atoms with Gasteiger partial charge in [-0.05, 0) is 54.4 Å². The minimum absolute atomic E-state index is 0.00362. The van der Waals surface area contributed by atoms with Gasteiger partial charge in [0.1, 0.15) is 5.75 Å². The Balaban J connectivity index is 1.37. The van der Waals surface area contributed by atoms with Crippen LogP contribution in [0.2, 0.25) is 0 Å². The molecule has 4 aromatic rings. The predicted octanol–water partition coefficient (Wildman–Crippen LogP) is 6.08. The average Bonchev–Trinajstić information content (AvgIpc) is 3.12. The zero-order chi connectivity index (χ0) is 28.6. The number of amides is 2. The molecule has 2 aliphatic heterocycles. The fraction of sp³-hybridized carbons (Fsp3) is 0.176. The van der Waals surface area contributed by atoms with Gasteiger partial charge < -0.3 is 19.8 Å². The first-order valence-electron chi connectivity index (χ1n) is 13.6. The van der Waals surface area contributed by atoms with Crippen molar-refractivity contribution in [3.8, 4) is 11.5 Å². The molecule has 0 saturated carbocycles. The molecule has 0 radical (unpaired) electrons. The van der Waals surface area contributed by atoms with Crippen molar-refractivity contribution in [3.05, 3.63) is 126 Å². The highest BCUT2D eigenvalue weighted by molar-refractivity contribution is 6.14. The number of benzene rings is 4. The summed E-state index contributed by atoms with van der Waals surface area (Å²) in [5.74, 6) is -0.0882. The Kier molecular flexibility index (Phi) is 6.91. The van der Waals surface area contributed by atoms with Crippen LogP contribution in [0.3, 0.4) is 0 Å². The summed E-state index contributed by atoms with van der Waals surface area (Å²) in [4.78, 5) is 31.0. The van der Waals surface area contributed by atoms with Gasteiger partial charge in [-0.25, -0.2) is 0 Å². The van der Waals surface area contributed by atoms with Crippen LogP contribution in [0, 0.1) is 5.92 Å². The number of aliphatic hydroxyl groups is 2. The maximum Gasteiger partial charge on any atom is 0.266 e. The minimum atomic E-state index is -1.74. The fourth-order valence-corrected chi connectivity index (χ4v) is 5.61. The van der Waals surface area contributed by atoms with Gasteiger partial charge in [0.05, 0.1) is 23.5 Å². The molecule has 206 valence electrons. The van der Waals surface area contributed by atoms with E-state index in [0.29, 0.717) is 46.1 Å². The van der Waals surface area contributed by atoms with Crippen molar-refractivity contribution < 1.29 is 24.5 Å². The number of fused-ring (bicyclic) bond motifs is 3. The second-order valence-electron chi connectivity index (χ2n) is 10.3. The van der Waals surface area contributed by atoms with E-state index < -0.39 is 17.4 Å². The molecule has 6 rings (SSSR count). The predicted molar refractivity (Wildman–Crippen MR) is 157 cm³/mol. The van der Waals surface area contributed by atoms with Gasteiger partial charge in [-0.1, -0.05) is 73.7 Å². The van der Waals surface area contributed by atoms with Crippen molar-refractivity contribution in [2.45, 2.75) is 25.5 Å². The van der Waals surface area contributed by atoms with Crippen LogP contribution in [0.15, 0.2) is 109 Å². The highest BCUT2D eigenvalue weighted by Gasteiger charge is 2.52. The molecule has 7 nitrogen and oxygen atoms in total. The van der Waals surface area contributed by atoms with Gasteiger partial charge in [-0.15, -0.1) is 0 Å². The zero-order valence-corrected chi connectivity index (χ0v) is 22.6. The van der Waals surface area contributed by atoms with Crippen LogP contribution in [0.5, 0.6) is 11.5 Å². The lowest BCUT2D eigenvalue weighted by atomic mass is 9.83. The third kappa shape index (κ3) is 4.49. The lowest BCUT2D eigenvalue weighted by molar-refractivity contribution is -0.139. The van der Waals surface area contributed by atoms with Gasteiger partial charge in [0.15, 0.2) is 11.4 Å². The lowest BCUT2D eigenvalue weighted by Gasteiger charge is -2.28. The quantitative estimate of drug-likeness (QED) is 0.274. The van der Waals surface area contributed by atoms with Crippen molar-refractivity contribution in [1.29, 1.82) is 0 Å². The monoisotopic (exact) mass is 546 g/mol. The van der Waals surface area contributed by atoms with Gasteiger partial charge in [0.25, 0.3) is 11.8 Å². The van der Waals surface area contributed by atoms with Crippen LogP contribution >= 0.6 is 0 Å². The maximum absolute atomic E-state index is 13.9. The molecular weight excluding hydrogens is 516 g/mol. The number of hydrogen-bond donors (Lipinski definition) is 2. The van der Waals surface area contributed by atoms with Crippen molar-refractivity contribution in [3.63, 3.8) is 0 Å². The molecule has 0 saturated heterocycles. The van der Waals surface area contributed by atoms with E-state index in [1.54, 1.807) is 47.1 Å². The Labute approximate surface area is 238 Å². The summed E-state index contributed by atoms with van der Waals surface area (Å²) >= 11 is 0. The van der Waals surface area contributed by atoms with Crippen LogP contribution in [0.4, 0.5) is 17.1 Å². The van der Waals surface area contributed by atoms with Crippen molar-refractivity contribution >= 4 is 28.9 Å². The molecule has 0 spiro atoms. The molecule has 0 unspecified atom stereocenters. The van der Waals surface area contributed by atoms with Crippen LogP contribution in [0.25, 0.3) is 0 Å². The second kappa shape index (κ2) is 10.7. The molecule has 0 fully saturated rings. The number of aliphatic hydroxyl groups excluding tert-OH is 1. The number of hydrogen-bond acceptors (Lipinski definition) is 5. The van der Waals surface area contributed by atoms with E-state index in [1.165, 1.54) is 0 Å². The Hall–Kier alpha value is -4.72. The van der Waals surface area contributed by atoms with Gasteiger partial charge in [-0.3, -0.25) is 14.5 Å². The number of para-hydroxylation sites is 4. The first-order chi connectivity index (χ1) is 19.9. The Morgan fingerprint density at radius 2 is 1.59 bits per heavy atom. The first-order valence-corrected chi connectivity index (χ1v) is 13.6. The third-order valence-corrected chi connectivity index (χ3v) is 7.71. The molecule has 0 aliphatic carbocycles. The number of nitrogens with zero attached hydrogens (tertiary/aromatic N) is 2.